The highest BCUT2D eigenvalue weighted by molar-refractivity contribution is 5.79. The van der Waals surface area contributed by atoms with Crippen LogP contribution in [-0.4, -0.2) is 43.4 Å². The van der Waals surface area contributed by atoms with Gasteiger partial charge in [0.15, 0.2) is 5.96 Å². The van der Waals surface area contributed by atoms with E-state index >= 15 is 0 Å². The minimum absolute atomic E-state index is 0.632. The van der Waals surface area contributed by atoms with Crippen molar-refractivity contribution < 1.29 is 0 Å². The Bertz CT molecular complexity index is 849. The standard InChI is InChI=1S/C20H28N8/c1-3-19-26-25-16-28(19)12-10-23-20(22-4-2)24-13-17-5-7-18(8-6-17)14-27-11-9-21-15-27/h5-9,11,15-16H,3-4,10,12-14H2,1-2H3,(H2,22,23,24). The highest BCUT2D eigenvalue weighted by Gasteiger charge is 2.02. The van der Waals surface area contributed by atoms with Crippen LogP contribution in [0.25, 0.3) is 0 Å². The first-order valence-corrected chi connectivity index (χ1v) is 9.71. The molecule has 0 atom stereocenters. The fourth-order valence-electron chi connectivity index (χ4n) is 2.89. The van der Waals surface area contributed by atoms with Crippen molar-refractivity contribution in [2.24, 2.45) is 4.99 Å². The number of hydrogen-bond acceptors (Lipinski definition) is 4. The fourth-order valence-corrected chi connectivity index (χ4v) is 2.89. The molecule has 1 aromatic carbocycles. The Kier molecular flexibility index (Phi) is 7.17. The lowest BCUT2D eigenvalue weighted by atomic mass is 10.1. The average Bonchev–Trinajstić information content (AvgIpc) is 3.39. The SMILES string of the molecule is CCNC(=NCc1ccc(Cn2ccnc2)cc1)NCCn1cnnc1CC. The second-order valence-corrected chi connectivity index (χ2v) is 6.47. The summed E-state index contributed by atoms with van der Waals surface area (Å²) in [7, 11) is 0. The Labute approximate surface area is 165 Å². The molecule has 0 radical (unpaired) electrons. The number of aromatic nitrogens is 5. The summed E-state index contributed by atoms with van der Waals surface area (Å²) in [6, 6.07) is 8.54. The zero-order valence-electron chi connectivity index (χ0n) is 16.5. The summed E-state index contributed by atoms with van der Waals surface area (Å²) in [4.78, 5) is 8.76. The Morgan fingerprint density at radius 3 is 2.61 bits per heavy atom. The van der Waals surface area contributed by atoms with Crippen molar-refractivity contribution in [2.45, 2.75) is 39.9 Å². The Morgan fingerprint density at radius 1 is 1.07 bits per heavy atom. The molecule has 3 aromatic rings. The molecule has 2 heterocycles. The number of imidazole rings is 1. The second-order valence-electron chi connectivity index (χ2n) is 6.47. The fraction of sp³-hybridized carbons (Fsp3) is 0.400. The molecule has 2 N–H and O–H groups in total. The quantitative estimate of drug-likeness (QED) is 0.437. The van der Waals surface area contributed by atoms with Crippen molar-refractivity contribution in [3.05, 3.63) is 66.3 Å². The smallest absolute Gasteiger partial charge is 0.191 e. The van der Waals surface area contributed by atoms with Crippen LogP contribution in [0.2, 0.25) is 0 Å². The number of aliphatic imine (C=N–C) groups is 1. The number of nitrogens with one attached hydrogen (secondary N) is 2. The van der Waals surface area contributed by atoms with E-state index in [1.54, 1.807) is 12.5 Å². The van der Waals surface area contributed by atoms with E-state index in [9.17, 15) is 0 Å². The zero-order chi connectivity index (χ0) is 19.6. The molecule has 0 saturated heterocycles. The van der Waals surface area contributed by atoms with E-state index < -0.39 is 0 Å². The third-order valence-electron chi connectivity index (χ3n) is 4.37. The lowest BCUT2D eigenvalue weighted by Crippen LogP contribution is -2.38. The van der Waals surface area contributed by atoms with Gasteiger partial charge < -0.3 is 19.8 Å². The van der Waals surface area contributed by atoms with Crippen molar-refractivity contribution in [1.29, 1.82) is 0 Å². The van der Waals surface area contributed by atoms with Crippen molar-refractivity contribution in [3.63, 3.8) is 0 Å². The molecule has 0 aliphatic rings. The van der Waals surface area contributed by atoms with Crippen LogP contribution < -0.4 is 10.6 Å². The van der Waals surface area contributed by atoms with Crippen LogP contribution >= 0.6 is 0 Å². The summed E-state index contributed by atoms with van der Waals surface area (Å²) in [6.45, 7) is 8.01. The van der Waals surface area contributed by atoms with Crippen LogP contribution in [0.3, 0.4) is 0 Å². The molecular formula is C20H28N8. The van der Waals surface area contributed by atoms with Crippen LogP contribution in [-0.2, 0) is 26.1 Å². The Morgan fingerprint density at radius 2 is 1.89 bits per heavy atom. The Balaban J connectivity index is 1.51. The molecule has 0 fully saturated rings. The summed E-state index contributed by atoms with van der Waals surface area (Å²) in [5.41, 5.74) is 2.43. The van der Waals surface area contributed by atoms with Crippen molar-refractivity contribution >= 4 is 5.96 Å². The maximum atomic E-state index is 4.69. The maximum absolute atomic E-state index is 4.69. The third kappa shape index (κ3) is 5.67. The minimum Gasteiger partial charge on any atom is -0.357 e. The van der Waals surface area contributed by atoms with E-state index in [2.05, 4.69) is 78.1 Å². The van der Waals surface area contributed by atoms with E-state index in [1.807, 2.05) is 12.5 Å². The highest BCUT2D eigenvalue weighted by atomic mass is 15.3. The minimum atomic E-state index is 0.632. The third-order valence-corrected chi connectivity index (χ3v) is 4.37. The van der Waals surface area contributed by atoms with Gasteiger partial charge in [-0.3, -0.25) is 0 Å². The van der Waals surface area contributed by atoms with Gasteiger partial charge in [-0.15, -0.1) is 10.2 Å². The number of rotatable bonds is 9. The average molecular weight is 381 g/mol. The summed E-state index contributed by atoms with van der Waals surface area (Å²) in [5.74, 6) is 1.82. The molecule has 0 spiro atoms. The highest BCUT2D eigenvalue weighted by Crippen LogP contribution is 2.07. The van der Waals surface area contributed by atoms with Crippen LogP contribution in [0.15, 0.2) is 54.3 Å². The largest absolute Gasteiger partial charge is 0.357 e. The molecule has 0 bridgehead atoms. The number of benzene rings is 1. The molecule has 148 valence electrons. The number of hydrogen-bond donors (Lipinski definition) is 2. The van der Waals surface area contributed by atoms with E-state index in [0.29, 0.717) is 6.54 Å². The number of guanidine groups is 1. The van der Waals surface area contributed by atoms with Crippen LogP contribution in [0.1, 0.15) is 30.8 Å². The molecule has 8 nitrogen and oxygen atoms in total. The van der Waals surface area contributed by atoms with Gasteiger partial charge in [0.05, 0.1) is 12.9 Å². The van der Waals surface area contributed by atoms with Gasteiger partial charge in [0, 0.05) is 45.0 Å². The topological polar surface area (TPSA) is 85.0 Å². The van der Waals surface area contributed by atoms with Gasteiger partial charge in [-0.25, -0.2) is 9.98 Å². The molecule has 28 heavy (non-hydrogen) atoms. The van der Waals surface area contributed by atoms with Crippen molar-refractivity contribution in [1.82, 2.24) is 34.9 Å². The lowest BCUT2D eigenvalue weighted by Gasteiger charge is -2.12. The van der Waals surface area contributed by atoms with Crippen LogP contribution in [0.5, 0.6) is 0 Å². The predicted molar refractivity (Wildman–Crippen MR) is 110 cm³/mol. The first-order valence-electron chi connectivity index (χ1n) is 9.71. The summed E-state index contributed by atoms with van der Waals surface area (Å²) in [5, 5.41) is 14.7. The van der Waals surface area contributed by atoms with Gasteiger partial charge in [-0.1, -0.05) is 31.2 Å². The zero-order valence-corrected chi connectivity index (χ0v) is 16.5. The van der Waals surface area contributed by atoms with E-state index in [-0.39, 0.29) is 0 Å². The molecule has 3 rings (SSSR count). The molecule has 0 unspecified atom stereocenters. The summed E-state index contributed by atoms with van der Waals surface area (Å²) < 4.78 is 4.12. The molecule has 2 aromatic heterocycles. The predicted octanol–water partition coefficient (Wildman–Crippen LogP) is 1.84. The van der Waals surface area contributed by atoms with E-state index in [0.717, 1.165) is 44.4 Å². The van der Waals surface area contributed by atoms with Crippen LogP contribution in [0.4, 0.5) is 0 Å². The van der Waals surface area contributed by atoms with Crippen LogP contribution in [0, 0.1) is 0 Å². The normalized spacial score (nSPS) is 11.6. The lowest BCUT2D eigenvalue weighted by molar-refractivity contribution is 0.632. The monoisotopic (exact) mass is 380 g/mol. The van der Waals surface area contributed by atoms with Crippen molar-refractivity contribution in [2.75, 3.05) is 13.1 Å². The van der Waals surface area contributed by atoms with Gasteiger partial charge in [0.1, 0.15) is 12.2 Å². The Hall–Kier alpha value is -3.16. The molecule has 0 aliphatic carbocycles. The number of aryl methyl sites for hydroxylation is 1. The number of nitrogens with zero attached hydrogens (tertiary/aromatic N) is 6. The molecule has 0 amide bonds. The van der Waals surface area contributed by atoms with Gasteiger partial charge in [0.2, 0.25) is 0 Å². The summed E-state index contributed by atoms with van der Waals surface area (Å²) in [6.07, 6.45) is 8.25. The molecule has 8 heteroatoms. The first kappa shape index (κ1) is 19.6. The first-order chi connectivity index (χ1) is 13.8. The summed E-state index contributed by atoms with van der Waals surface area (Å²) >= 11 is 0. The van der Waals surface area contributed by atoms with E-state index in [4.69, 9.17) is 0 Å². The maximum Gasteiger partial charge on any atom is 0.191 e. The van der Waals surface area contributed by atoms with Gasteiger partial charge in [-0.2, -0.15) is 0 Å². The molecule has 0 saturated carbocycles. The second kappa shape index (κ2) is 10.2. The molecular weight excluding hydrogens is 352 g/mol. The van der Waals surface area contributed by atoms with Crippen molar-refractivity contribution in [3.8, 4) is 0 Å². The van der Waals surface area contributed by atoms with Gasteiger partial charge in [0.25, 0.3) is 0 Å². The van der Waals surface area contributed by atoms with E-state index in [1.165, 1.54) is 11.1 Å². The molecule has 0 aliphatic heterocycles. The van der Waals surface area contributed by atoms with Gasteiger partial charge in [-0.05, 0) is 18.1 Å². The van der Waals surface area contributed by atoms with Gasteiger partial charge >= 0.3 is 0 Å².